The molecule has 0 saturated heterocycles. The molecule has 0 unspecified atom stereocenters. The Morgan fingerprint density at radius 2 is 2.00 bits per heavy atom. The van der Waals surface area contributed by atoms with Crippen molar-refractivity contribution >= 4 is 34.0 Å². The van der Waals surface area contributed by atoms with Crippen LogP contribution in [0.25, 0.3) is 22.4 Å². The van der Waals surface area contributed by atoms with Gasteiger partial charge in [-0.3, -0.25) is 4.79 Å². The fourth-order valence-corrected chi connectivity index (χ4v) is 3.78. The molecular formula is C21H16ClN3O3S. The van der Waals surface area contributed by atoms with Gasteiger partial charge in [-0.15, -0.1) is 5.10 Å². The molecule has 4 rings (SSSR count). The molecule has 8 heteroatoms. The van der Waals surface area contributed by atoms with E-state index in [1.165, 1.54) is 15.9 Å². The summed E-state index contributed by atoms with van der Waals surface area (Å²) in [5.74, 6) is 1.68. The van der Waals surface area contributed by atoms with Gasteiger partial charge in [-0.25, -0.2) is 0 Å². The molecule has 0 aliphatic carbocycles. The molecule has 0 spiro atoms. The van der Waals surface area contributed by atoms with Crippen molar-refractivity contribution < 1.29 is 9.47 Å². The van der Waals surface area contributed by atoms with Crippen molar-refractivity contribution in [3.63, 3.8) is 0 Å². The lowest BCUT2D eigenvalue weighted by Crippen LogP contribution is -2.23. The molecule has 0 radical (unpaired) electrons. The Labute approximate surface area is 175 Å². The van der Waals surface area contributed by atoms with Crippen molar-refractivity contribution in [2.45, 2.75) is 0 Å². The average Bonchev–Trinajstić information content (AvgIpc) is 3.27. The van der Waals surface area contributed by atoms with Crippen molar-refractivity contribution in [3.8, 4) is 22.9 Å². The zero-order valence-corrected chi connectivity index (χ0v) is 17.0. The summed E-state index contributed by atoms with van der Waals surface area (Å²) in [4.78, 5) is 17.7. The maximum Gasteiger partial charge on any atom is 0.291 e. The van der Waals surface area contributed by atoms with Crippen LogP contribution >= 0.6 is 22.9 Å². The van der Waals surface area contributed by atoms with Gasteiger partial charge in [0.15, 0.2) is 17.3 Å². The Kier molecular flexibility index (Phi) is 5.33. The topological polar surface area (TPSA) is 65.7 Å². The van der Waals surface area contributed by atoms with Crippen LogP contribution in [-0.4, -0.2) is 28.3 Å². The molecule has 0 saturated carbocycles. The van der Waals surface area contributed by atoms with Gasteiger partial charge < -0.3 is 9.47 Å². The Morgan fingerprint density at radius 3 is 2.69 bits per heavy atom. The smallest absolute Gasteiger partial charge is 0.291 e. The summed E-state index contributed by atoms with van der Waals surface area (Å²) in [6, 6.07) is 12.6. The van der Waals surface area contributed by atoms with E-state index in [0.29, 0.717) is 38.4 Å². The molecule has 2 heterocycles. The highest BCUT2D eigenvalue weighted by atomic mass is 35.5. The molecule has 0 atom stereocenters. The van der Waals surface area contributed by atoms with Crippen LogP contribution in [0, 0.1) is 0 Å². The number of halogens is 1. The fraction of sp³-hybridized carbons (Fsp3) is 0.0952. The molecule has 0 aliphatic rings. The lowest BCUT2D eigenvalue weighted by Gasteiger charge is -2.09. The maximum absolute atomic E-state index is 12.7. The first kappa shape index (κ1) is 19.2. The number of aromatic nitrogens is 3. The molecule has 29 heavy (non-hydrogen) atoms. The van der Waals surface area contributed by atoms with E-state index in [-0.39, 0.29) is 5.56 Å². The first-order valence-corrected chi connectivity index (χ1v) is 9.87. The van der Waals surface area contributed by atoms with E-state index in [4.69, 9.17) is 21.1 Å². The lowest BCUT2D eigenvalue weighted by molar-refractivity contribution is 0.326. The van der Waals surface area contributed by atoms with E-state index in [1.807, 2.05) is 24.3 Å². The van der Waals surface area contributed by atoms with Gasteiger partial charge in [0.05, 0.1) is 11.6 Å². The van der Waals surface area contributed by atoms with Crippen LogP contribution in [0.3, 0.4) is 0 Å². The van der Waals surface area contributed by atoms with Crippen molar-refractivity contribution in [1.82, 2.24) is 14.6 Å². The first-order valence-electron chi connectivity index (χ1n) is 8.68. The number of thiazole rings is 1. The van der Waals surface area contributed by atoms with Gasteiger partial charge in [-0.1, -0.05) is 41.7 Å². The van der Waals surface area contributed by atoms with Crippen LogP contribution in [0.15, 0.2) is 59.9 Å². The van der Waals surface area contributed by atoms with Crippen LogP contribution in [0.1, 0.15) is 5.56 Å². The van der Waals surface area contributed by atoms with E-state index in [9.17, 15) is 4.79 Å². The van der Waals surface area contributed by atoms with Crippen molar-refractivity contribution in [3.05, 3.63) is 80.6 Å². The molecular weight excluding hydrogens is 410 g/mol. The van der Waals surface area contributed by atoms with E-state index < -0.39 is 0 Å². The average molecular weight is 426 g/mol. The SMILES string of the molecule is C=CCOc1ccc(/C=c2/sc3nc(-c4ccc(Cl)cc4)nn3c2=O)cc1OC. The molecule has 6 nitrogen and oxygen atoms in total. The van der Waals surface area contributed by atoms with Crippen LogP contribution < -0.4 is 19.6 Å². The number of nitrogens with zero attached hydrogens (tertiary/aromatic N) is 3. The second-order valence-corrected chi connectivity index (χ2v) is 7.51. The van der Waals surface area contributed by atoms with Gasteiger partial charge in [0.2, 0.25) is 4.96 Å². The normalized spacial score (nSPS) is 11.7. The predicted octanol–water partition coefficient (Wildman–Crippen LogP) is 3.59. The summed E-state index contributed by atoms with van der Waals surface area (Å²) in [7, 11) is 1.57. The summed E-state index contributed by atoms with van der Waals surface area (Å²) in [5.41, 5.74) is 1.39. The maximum atomic E-state index is 12.7. The van der Waals surface area contributed by atoms with Gasteiger partial charge in [0, 0.05) is 10.6 Å². The number of ether oxygens (including phenoxy) is 2. The molecule has 0 fully saturated rings. The molecule has 2 aromatic carbocycles. The largest absolute Gasteiger partial charge is 0.493 e. The number of hydrogen-bond acceptors (Lipinski definition) is 6. The van der Waals surface area contributed by atoms with Crippen molar-refractivity contribution in [2.24, 2.45) is 0 Å². The Bertz CT molecular complexity index is 1300. The lowest BCUT2D eigenvalue weighted by atomic mass is 10.2. The van der Waals surface area contributed by atoms with E-state index in [1.54, 1.807) is 37.5 Å². The predicted molar refractivity (Wildman–Crippen MR) is 115 cm³/mol. The fourth-order valence-electron chi connectivity index (χ4n) is 2.75. The monoisotopic (exact) mass is 425 g/mol. The zero-order valence-electron chi connectivity index (χ0n) is 15.5. The third kappa shape index (κ3) is 3.87. The Morgan fingerprint density at radius 1 is 1.21 bits per heavy atom. The van der Waals surface area contributed by atoms with Crippen LogP contribution in [0.5, 0.6) is 11.5 Å². The number of benzene rings is 2. The molecule has 2 aromatic heterocycles. The molecule has 0 amide bonds. The van der Waals surface area contributed by atoms with Crippen molar-refractivity contribution in [1.29, 1.82) is 0 Å². The van der Waals surface area contributed by atoms with E-state index >= 15 is 0 Å². The van der Waals surface area contributed by atoms with Gasteiger partial charge in [0.25, 0.3) is 5.56 Å². The second kappa shape index (κ2) is 8.06. The summed E-state index contributed by atoms with van der Waals surface area (Å²) in [6.45, 7) is 4.02. The minimum Gasteiger partial charge on any atom is -0.493 e. The summed E-state index contributed by atoms with van der Waals surface area (Å²) < 4.78 is 12.8. The third-order valence-corrected chi connectivity index (χ3v) is 5.34. The van der Waals surface area contributed by atoms with Gasteiger partial charge in [-0.2, -0.15) is 9.50 Å². The van der Waals surface area contributed by atoms with Gasteiger partial charge in [-0.05, 0) is 48.0 Å². The molecule has 4 aromatic rings. The standard InChI is InChI=1S/C21H16ClN3O3S/c1-3-10-28-16-9-4-13(11-17(16)27-2)12-18-20(26)25-21(29-18)23-19(24-25)14-5-7-15(22)8-6-14/h3-9,11-12H,1,10H2,2H3/b18-12+. The van der Waals surface area contributed by atoms with Gasteiger partial charge in [0.1, 0.15) is 6.61 Å². The Hall–Kier alpha value is -3.16. The number of hydrogen-bond donors (Lipinski definition) is 0. The molecule has 0 N–H and O–H groups in total. The summed E-state index contributed by atoms with van der Waals surface area (Å²) >= 11 is 7.20. The molecule has 0 aliphatic heterocycles. The van der Waals surface area contributed by atoms with Gasteiger partial charge >= 0.3 is 0 Å². The Balaban J connectivity index is 1.71. The first-order chi connectivity index (χ1) is 14.1. The van der Waals surface area contributed by atoms with Crippen LogP contribution in [0.4, 0.5) is 0 Å². The summed E-state index contributed by atoms with van der Waals surface area (Å²) in [5, 5.41) is 4.97. The highest BCUT2D eigenvalue weighted by Gasteiger charge is 2.12. The van der Waals surface area contributed by atoms with Crippen LogP contribution in [0.2, 0.25) is 5.02 Å². The summed E-state index contributed by atoms with van der Waals surface area (Å²) in [6.07, 6.45) is 3.45. The number of methoxy groups -OCH3 is 1. The highest BCUT2D eigenvalue weighted by Crippen LogP contribution is 2.28. The van der Waals surface area contributed by atoms with Crippen LogP contribution in [-0.2, 0) is 0 Å². The number of rotatable bonds is 6. The minimum atomic E-state index is -0.219. The number of fused-ring (bicyclic) bond motifs is 1. The molecule has 146 valence electrons. The van der Waals surface area contributed by atoms with E-state index in [2.05, 4.69) is 16.7 Å². The minimum absolute atomic E-state index is 0.219. The van der Waals surface area contributed by atoms with E-state index in [0.717, 1.165) is 11.1 Å². The third-order valence-electron chi connectivity index (χ3n) is 4.13. The highest BCUT2D eigenvalue weighted by molar-refractivity contribution is 7.15. The van der Waals surface area contributed by atoms with Crippen molar-refractivity contribution in [2.75, 3.05) is 13.7 Å². The zero-order chi connectivity index (χ0) is 20.4. The molecule has 0 bridgehead atoms. The quantitative estimate of drug-likeness (QED) is 0.442. The second-order valence-electron chi connectivity index (χ2n) is 6.06.